The minimum Gasteiger partial charge on any atom is -0.494 e. The first-order valence-electron chi connectivity index (χ1n) is 6.60. The zero-order chi connectivity index (χ0) is 14.6. The van der Waals surface area contributed by atoms with Crippen LogP contribution in [0.2, 0.25) is 0 Å². The van der Waals surface area contributed by atoms with Crippen LogP contribution in [0.3, 0.4) is 0 Å². The number of hydrogen-bond donors (Lipinski definition) is 1. The van der Waals surface area contributed by atoms with Gasteiger partial charge in [0.15, 0.2) is 11.6 Å². The molecule has 2 aromatic rings. The van der Waals surface area contributed by atoms with Crippen molar-refractivity contribution in [3.05, 3.63) is 52.0 Å². The zero-order valence-electron chi connectivity index (χ0n) is 12.1. The molecule has 1 aromatic heterocycles. The average molecular weight is 293 g/mol. The highest BCUT2D eigenvalue weighted by molar-refractivity contribution is 7.10. The monoisotopic (exact) mass is 293 g/mol. The molecule has 2 nitrogen and oxygen atoms in total. The molecule has 0 radical (unpaired) electrons. The minimum atomic E-state index is -0.315. The summed E-state index contributed by atoms with van der Waals surface area (Å²) in [4.78, 5) is 1.35. The van der Waals surface area contributed by atoms with Crippen LogP contribution in [0.25, 0.3) is 0 Å². The van der Waals surface area contributed by atoms with Crippen LogP contribution in [0, 0.1) is 5.82 Å². The second-order valence-corrected chi connectivity index (χ2v) is 6.38. The maximum absolute atomic E-state index is 13.6. The SMILES string of the molecule is COc1ccc(CNCC(C)(C)c2cccs2)cc1F. The Hall–Kier alpha value is -1.39. The molecule has 1 heterocycles. The molecule has 0 aliphatic carbocycles. The molecule has 2 rings (SSSR count). The molecule has 0 unspecified atom stereocenters. The van der Waals surface area contributed by atoms with E-state index in [2.05, 4.69) is 36.7 Å². The van der Waals surface area contributed by atoms with E-state index in [0.29, 0.717) is 6.54 Å². The smallest absolute Gasteiger partial charge is 0.165 e. The number of nitrogens with one attached hydrogen (secondary N) is 1. The van der Waals surface area contributed by atoms with Crippen LogP contribution in [-0.2, 0) is 12.0 Å². The molecule has 0 fully saturated rings. The van der Waals surface area contributed by atoms with Gasteiger partial charge in [0.25, 0.3) is 0 Å². The molecule has 0 spiro atoms. The fourth-order valence-electron chi connectivity index (χ4n) is 2.09. The number of ether oxygens (including phenoxy) is 1. The molecular formula is C16H20FNOS. The molecule has 1 N–H and O–H groups in total. The number of thiophene rings is 1. The van der Waals surface area contributed by atoms with Gasteiger partial charge in [0.2, 0.25) is 0 Å². The van der Waals surface area contributed by atoms with Crippen molar-refractivity contribution in [3.63, 3.8) is 0 Å². The summed E-state index contributed by atoms with van der Waals surface area (Å²) in [5.41, 5.74) is 1.00. The van der Waals surface area contributed by atoms with E-state index in [9.17, 15) is 4.39 Å². The highest BCUT2D eigenvalue weighted by Crippen LogP contribution is 2.26. The predicted molar refractivity (Wildman–Crippen MR) is 82.0 cm³/mol. The standard InChI is InChI=1S/C16H20FNOS/c1-16(2,15-5-4-8-20-15)11-18-10-12-6-7-14(19-3)13(17)9-12/h4-9,18H,10-11H2,1-3H3. The Morgan fingerprint density at radius 2 is 2.10 bits per heavy atom. The summed E-state index contributed by atoms with van der Waals surface area (Å²) >= 11 is 1.77. The topological polar surface area (TPSA) is 21.3 Å². The fraction of sp³-hybridized carbons (Fsp3) is 0.375. The fourth-order valence-corrected chi connectivity index (χ4v) is 2.94. The Morgan fingerprint density at radius 1 is 1.30 bits per heavy atom. The summed E-state index contributed by atoms with van der Waals surface area (Å²) in [5, 5.41) is 5.49. The van der Waals surface area contributed by atoms with Crippen molar-refractivity contribution in [2.24, 2.45) is 0 Å². The summed E-state index contributed by atoms with van der Waals surface area (Å²) in [6.45, 7) is 5.91. The van der Waals surface area contributed by atoms with Gasteiger partial charge in [-0.15, -0.1) is 11.3 Å². The Balaban J connectivity index is 1.91. The van der Waals surface area contributed by atoms with Gasteiger partial charge in [0, 0.05) is 23.4 Å². The van der Waals surface area contributed by atoms with Crippen molar-refractivity contribution in [1.29, 1.82) is 0 Å². The van der Waals surface area contributed by atoms with Crippen molar-refractivity contribution >= 4 is 11.3 Å². The maximum atomic E-state index is 13.6. The number of rotatable bonds is 6. The number of hydrogen-bond acceptors (Lipinski definition) is 3. The van der Waals surface area contributed by atoms with Gasteiger partial charge in [-0.1, -0.05) is 26.0 Å². The lowest BCUT2D eigenvalue weighted by Gasteiger charge is -2.23. The predicted octanol–water partition coefficient (Wildman–Crippen LogP) is 3.96. The zero-order valence-corrected chi connectivity index (χ0v) is 12.9. The lowest BCUT2D eigenvalue weighted by molar-refractivity contribution is 0.386. The summed E-state index contributed by atoms with van der Waals surface area (Å²) in [7, 11) is 1.47. The molecule has 4 heteroatoms. The van der Waals surface area contributed by atoms with E-state index in [1.165, 1.54) is 18.1 Å². The summed E-state index contributed by atoms with van der Waals surface area (Å²) in [6.07, 6.45) is 0. The Kier molecular flexibility index (Phi) is 4.78. The van der Waals surface area contributed by atoms with Crippen LogP contribution < -0.4 is 10.1 Å². The maximum Gasteiger partial charge on any atom is 0.165 e. The Bertz CT molecular complexity index is 552. The Labute approximate surface area is 123 Å². The first-order valence-corrected chi connectivity index (χ1v) is 7.48. The van der Waals surface area contributed by atoms with Crippen LogP contribution >= 0.6 is 11.3 Å². The van der Waals surface area contributed by atoms with Crippen LogP contribution in [0.1, 0.15) is 24.3 Å². The quantitative estimate of drug-likeness (QED) is 0.870. The van der Waals surface area contributed by atoms with Crippen LogP contribution in [0.5, 0.6) is 5.75 Å². The number of halogens is 1. The largest absolute Gasteiger partial charge is 0.494 e. The molecular weight excluding hydrogens is 273 g/mol. The highest BCUT2D eigenvalue weighted by Gasteiger charge is 2.20. The molecule has 1 aromatic carbocycles. The first kappa shape index (κ1) is 15.0. The van der Waals surface area contributed by atoms with Gasteiger partial charge in [-0.25, -0.2) is 4.39 Å². The highest BCUT2D eigenvalue weighted by atomic mass is 32.1. The summed E-state index contributed by atoms with van der Waals surface area (Å²) < 4.78 is 18.5. The third kappa shape index (κ3) is 3.58. The molecule has 0 atom stereocenters. The number of benzene rings is 1. The number of methoxy groups -OCH3 is 1. The van der Waals surface area contributed by atoms with E-state index in [-0.39, 0.29) is 17.0 Å². The molecule has 0 aliphatic heterocycles. The third-order valence-corrected chi connectivity index (χ3v) is 4.54. The lowest BCUT2D eigenvalue weighted by Crippen LogP contribution is -2.31. The van der Waals surface area contributed by atoms with E-state index in [1.807, 2.05) is 6.07 Å². The normalized spacial score (nSPS) is 11.6. The van der Waals surface area contributed by atoms with Crippen molar-refractivity contribution < 1.29 is 9.13 Å². The minimum absolute atomic E-state index is 0.0825. The van der Waals surface area contributed by atoms with Crippen molar-refractivity contribution in [2.45, 2.75) is 25.8 Å². The Morgan fingerprint density at radius 3 is 2.70 bits per heavy atom. The van der Waals surface area contributed by atoms with E-state index >= 15 is 0 Å². The molecule has 0 amide bonds. The molecule has 108 valence electrons. The third-order valence-electron chi connectivity index (χ3n) is 3.30. The van der Waals surface area contributed by atoms with E-state index in [4.69, 9.17) is 4.74 Å². The second-order valence-electron chi connectivity index (χ2n) is 5.43. The molecule has 0 bridgehead atoms. The van der Waals surface area contributed by atoms with E-state index < -0.39 is 0 Å². The van der Waals surface area contributed by atoms with Crippen LogP contribution in [0.15, 0.2) is 35.7 Å². The molecule has 20 heavy (non-hydrogen) atoms. The van der Waals surface area contributed by atoms with Gasteiger partial charge in [-0.3, -0.25) is 0 Å². The van der Waals surface area contributed by atoms with Crippen LogP contribution in [-0.4, -0.2) is 13.7 Å². The average Bonchev–Trinajstić information content (AvgIpc) is 2.93. The molecule has 0 saturated heterocycles. The lowest BCUT2D eigenvalue weighted by atomic mass is 9.91. The van der Waals surface area contributed by atoms with Gasteiger partial charge >= 0.3 is 0 Å². The van der Waals surface area contributed by atoms with Gasteiger partial charge in [-0.05, 0) is 29.1 Å². The van der Waals surface area contributed by atoms with Crippen molar-refractivity contribution in [3.8, 4) is 5.75 Å². The van der Waals surface area contributed by atoms with Gasteiger partial charge in [-0.2, -0.15) is 0 Å². The molecule has 0 saturated carbocycles. The molecule has 0 aliphatic rings. The first-order chi connectivity index (χ1) is 9.53. The van der Waals surface area contributed by atoms with Crippen LogP contribution in [0.4, 0.5) is 4.39 Å². The summed E-state index contributed by atoms with van der Waals surface area (Å²) in [6, 6.07) is 9.29. The second kappa shape index (κ2) is 6.37. The van der Waals surface area contributed by atoms with Gasteiger partial charge in [0.05, 0.1) is 7.11 Å². The van der Waals surface area contributed by atoms with E-state index in [1.54, 1.807) is 17.4 Å². The summed E-state index contributed by atoms with van der Waals surface area (Å²) in [5.74, 6) is -0.0306. The van der Waals surface area contributed by atoms with Crippen molar-refractivity contribution in [2.75, 3.05) is 13.7 Å². The van der Waals surface area contributed by atoms with Gasteiger partial charge < -0.3 is 10.1 Å². The van der Waals surface area contributed by atoms with Crippen molar-refractivity contribution in [1.82, 2.24) is 5.32 Å². The van der Waals surface area contributed by atoms with E-state index in [0.717, 1.165) is 12.1 Å². The van der Waals surface area contributed by atoms with Gasteiger partial charge in [0.1, 0.15) is 0 Å².